The number of nitrogens with zero attached hydrogens (tertiary/aromatic N) is 3. The molecule has 0 saturated carbocycles. The first-order valence-corrected chi connectivity index (χ1v) is 12.6. The van der Waals surface area contributed by atoms with Crippen LogP contribution in [0.4, 0.5) is 33.3 Å². The van der Waals surface area contributed by atoms with Crippen LogP contribution in [0, 0.1) is 17.1 Å². The molecule has 0 bridgehead atoms. The zero-order valence-corrected chi connectivity index (χ0v) is 21.5. The van der Waals surface area contributed by atoms with Gasteiger partial charge in [0.05, 0.1) is 18.8 Å². The molecule has 2 amide bonds. The number of alkyl halides is 4. The second-order valence-corrected chi connectivity index (χ2v) is 9.60. The molecule has 1 aromatic carbocycles. The van der Waals surface area contributed by atoms with Crippen molar-refractivity contribution in [1.82, 2.24) is 14.8 Å². The monoisotopic (exact) mass is 572 g/mol. The lowest BCUT2D eigenvalue weighted by Gasteiger charge is -2.31. The predicted octanol–water partition coefficient (Wildman–Crippen LogP) is 1.64. The van der Waals surface area contributed by atoms with Crippen LogP contribution in [0.1, 0.15) is 19.8 Å². The Balaban J connectivity index is 1.80. The number of piperidine rings is 1. The van der Waals surface area contributed by atoms with Crippen molar-refractivity contribution in [2.24, 2.45) is 0 Å². The Kier molecular flexibility index (Phi) is 9.81. The van der Waals surface area contributed by atoms with E-state index < -0.39 is 47.7 Å². The number of amides is 2. The first-order valence-electron chi connectivity index (χ1n) is 11.8. The third kappa shape index (κ3) is 7.87. The van der Waals surface area contributed by atoms with Crippen LogP contribution in [0.3, 0.4) is 0 Å². The van der Waals surface area contributed by atoms with Crippen LogP contribution in [-0.4, -0.2) is 59.8 Å². The van der Waals surface area contributed by atoms with Crippen LogP contribution in [0.25, 0.3) is 11.8 Å². The Morgan fingerprint density at radius 2 is 1.95 bits per heavy atom. The molecule has 39 heavy (non-hydrogen) atoms. The van der Waals surface area contributed by atoms with Crippen molar-refractivity contribution in [1.29, 1.82) is 5.26 Å². The second kappa shape index (κ2) is 12.9. The third-order valence-corrected chi connectivity index (χ3v) is 6.89. The number of nitriles is 1. The highest BCUT2D eigenvalue weighted by Gasteiger charge is 2.34. The summed E-state index contributed by atoms with van der Waals surface area (Å²) in [6.45, 7) is 0.630. The minimum atomic E-state index is -2.82. The van der Waals surface area contributed by atoms with E-state index in [4.69, 9.17) is 0 Å². The van der Waals surface area contributed by atoms with Gasteiger partial charge in [-0.25, -0.2) is 22.0 Å². The van der Waals surface area contributed by atoms with Gasteiger partial charge >= 0.3 is 0 Å². The highest BCUT2D eigenvalue weighted by molar-refractivity contribution is 7.07. The fraction of sp³-hybridized carbons (Fsp3) is 0.417. The standard InChI is InChI=1S/C24H25F5N6O3S/c1-2-35-22(38)18(39-23(35)15(10-30)21(37)32-12-19(26)27)11-31-14-3-4-16(25)17(9-14)33-20(36)13-34-7-5-24(28,29)6-8-34/h3-4,9,11,19,31H,2,5-8,12-13H2,1H3,(H,32,37)(H,33,36). The van der Waals surface area contributed by atoms with E-state index in [0.717, 1.165) is 22.0 Å². The fourth-order valence-corrected chi connectivity index (χ4v) is 4.82. The molecule has 0 spiro atoms. The van der Waals surface area contributed by atoms with E-state index in [1.807, 2.05) is 5.32 Å². The molecule has 15 heteroatoms. The summed E-state index contributed by atoms with van der Waals surface area (Å²) in [5.74, 6) is -5.13. The minimum Gasteiger partial charge on any atom is -0.360 e. The van der Waals surface area contributed by atoms with Crippen molar-refractivity contribution in [3.63, 3.8) is 0 Å². The van der Waals surface area contributed by atoms with Crippen molar-refractivity contribution in [3.05, 3.63) is 43.6 Å². The smallest absolute Gasteiger partial charge is 0.270 e. The van der Waals surface area contributed by atoms with Gasteiger partial charge in [0, 0.05) is 44.4 Å². The first kappa shape index (κ1) is 29.8. The van der Waals surface area contributed by atoms with Gasteiger partial charge in [-0.2, -0.15) is 5.26 Å². The topological polar surface area (TPSA) is 119 Å². The van der Waals surface area contributed by atoms with E-state index in [2.05, 4.69) is 10.6 Å². The van der Waals surface area contributed by atoms with E-state index >= 15 is 0 Å². The van der Waals surface area contributed by atoms with Crippen LogP contribution in [0.5, 0.6) is 0 Å². The molecule has 2 heterocycles. The summed E-state index contributed by atoms with van der Waals surface area (Å²) in [5.41, 5.74) is -0.944. The molecule has 0 atom stereocenters. The quantitative estimate of drug-likeness (QED) is 0.394. The number of thiazole rings is 1. The number of hydrogen-bond acceptors (Lipinski definition) is 7. The molecule has 0 aliphatic carbocycles. The molecule has 1 aliphatic rings. The van der Waals surface area contributed by atoms with Gasteiger partial charge in [0.15, 0.2) is 5.57 Å². The number of nitrogens with one attached hydrogen (secondary N) is 3. The molecule has 0 unspecified atom stereocenters. The molecule has 210 valence electrons. The minimum absolute atomic E-state index is 0.0210. The van der Waals surface area contributed by atoms with Gasteiger partial charge in [-0.3, -0.25) is 23.9 Å². The van der Waals surface area contributed by atoms with Gasteiger partial charge in [0.1, 0.15) is 21.1 Å². The molecule has 3 N–H and O–H groups in total. The number of anilines is 2. The van der Waals surface area contributed by atoms with Crippen LogP contribution in [0.2, 0.25) is 0 Å². The van der Waals surface area contributed by atoms with Crippen LogP contribution >= 0.6 is 11.3 Å². The van der Waals surface area contributed by atoms with Crippen LogP contribution in [-0.2, 0) is 16.1 Å². The summed E-state index contributed by atoms with van der Waals surface area (Å²) in [5, 5.41) is 16.6. The molecule has 2 aromatic rings. The van der Waals surface area contributed by atoms with E-state index in [1.54, 1.807) is 17.9 Å². The molecule has 1 fully saturated rings. The molecule has 1 aromatic heterocycles. The summed E-state index contributed by atoms with van der Waals surface area (Å²) < 4.78 is 67.0. The maximum Gasteiger partial charge on any atom is 0.270 e. The van der Waals surface area contributed by atoms with Gasteiger partial charge in [-0.05, 0) is 25.1 Å². The normalized spacial score (nSPS) is 16.5. The fourth-order valence-electron chi connectivity index (χ4n) is 3.74. The van der Waals surface area contributed by atoms with E-state index in [0.29, 0.717) is 0 Å². The number of benzene rings is 1. The maximum absolute atomic E-state index is 14.3. The van der Waals surface area contributed by atoms with Crippen molar-refractivity contribution in [2.45, 2.75) is 38.7 Å². The maximum atomic E-state index is 14.3. The van der Waals surface area contributed by atoms with E-state index in [1.165, 1.54) is 18.3 Å². The van der Waals surface area contributed by atoms with Gasteiger partial charge in [-0.15, -0.1) is 11.3 Å². The van der Waals surface area contributed by atoms with Crippen molar-refractivity contribution in [2.75, 3.05) is 36.8 Å². The zero-order chi connectivity index (χ0) is 28.7. The van der Waals surface area contributed by atoms with Crippen molar-refractivity contribution in [3.8, 4) is 6.07 Å². The summed E-state index contributed by atoms with van der Waals surface area (Å²) in [4.78, 5) is 38.9. The number of carbonyl (C=O) groups excluding carboxylic acids is 2. The average molecular weight is 573 g/mol. The Hall–Kier alpha value is -3.77. The highest BCUT2D eigenvalue weighted by Crippen LogP contribution is 2.27. The van der Waals surface area contributed by atoms with Crippen LogP contribution < -0.4 is 30.7 Å². The molecule has 9 nitrogen and oxygen atoms in total. The number of carbonyl (C=O) groups is 2. The lowest BCUT2D eigenvalue weighted by Crippen LogP contribution is -2.43. The number of aromatic nitrogens is 1. The van der Waals surface area contributed by atoms with E-state index in [9.17, 15) is 41.6 Å². The van der Waals surface area contributed by atoms with Gasteiger partial charge in [0.25, 0.3) is 23.8 Å². The predicted molar refractivity (Wildman–Crippen MR) is 135 cm³/mol. The number of rotatable bonds is 9. The third-order valence-electron chi connectivity index (χ3n) is 5.76. The molecular weight excluding hydrogens is 547 g/mol. The molecule has 0 radical (unpaired) electrons. The summed E-state index contributed by atoms with van der Waals surface area (Å²) >= 11 is 0.784. The number of likely N-dealkylation sites (tertiary alicyclic amines) is 1. The Labute approximate surface area is 223 Å². The molecular formula is C24H25F5N6O3S. The van der Waals surface area contributed by atoms with Crippen LogP contribution in [0.15, 0.2) is 23.0 Å². The summed E-state index contributed by atoms with van der Waals surface area (Å²) in [7, 11) is 0. The summed E-state index contributed by atoms with van der Waals surface area (Å²) in [6, 6.07) is 5.33. The Bertz CT molecular complexity index is 1440. The SMILES string of the molecule is CCn1c(=C(C#N)C(=O)NCC(F)F)sc(=CNc2ccc(F)c(NC(=O)CN3CCC(F)(F)CC3)c2)c1=O. The first-order chi connectivity index (χ1) is 18.4. The molecule has 3 rings (SSSR count). The van der Waals surface area contributed by atoms with E-state index in [-0.39, 0.29) is 59.6 Å². The second-order valence-electron chi connectivity index (χ2n) is 8.57. The van der Waals surface area contributed by atoms with Crippen molar-refractivity contribution >= 4 is 46.3 Å². The van der Waals surface area contributed by atoms with Gasteiger partial charge < -0.3 is 16.0 Å². The number of halogens is 5. The zero-order valence-electron chi connectivity index (χ0n) is 20.7. The highest BCUT2D eigenvalue weighted by atomic mass is 32.1. The molecule has 1 aliphatic heterocycles. The lowest BCUT2D eigenvalue weighted by molar-refractivity contribution is -0.119. The van der Waals surface area contributed by atoms with Gasteiger partial charge in [-0.1, -0.05) is 0 Å². The number of hydrogen-bond donors (Lipinski definition) is 3. The Morgan fingerprint density at radius 3 is 2.56 bits per heavy atom. The van der Waals surface area contributed by atoms with Crippen molar-refractivity contribution < 1.29 is 31.5 Å². The summed E-state index contributed by atoms with van der Waals surface area (Å²) in [6.07, 6.45) is -2.27. The lowest BCUT2D eigenvalue weighted by atomic mass is 10.1. The average Bonchev–Trinajstić information content (AvgIpc) is 3.19. The van der Waals surface area contributed by atoms with Gasteiger partial charge in [0.2, 0.25) is 5.91 Å². The molecule has 1 saturated heterocycles. The Morgan fingerprint density at radius 1 is 1.26 bits per heavy atom. The largest absolute Gasteiger partial charge is 0.360 e.